The molecule has 1 rings (SSSR count). The number of benzene rings is 1. The van der Waals surface area contributed by atoms with Gasteiger partial charge in [-0.3, -0.25) is 0 Å². The lowest BCUT2D eigenvalue weighted by Gasteiger charge is -2.04. The molecule has 0 saturated carbocycles. The predicted octanol–water partition coefficient (Wildman–Crippen LogP) is 1.56. The van der Waals surface area contributed by atoms with Gasteiger partial charge in [0.1, 0.15) is 0 Å². The van der Waals surface area contributed by atoms with Crippen LogP contribution in [0, 0.1) is 12.3 Å². The summed E-state index contributed by atoms with van der Waals surface area (Å²) in [4.78, 5) is 0. The summed E-state index contributed by atoms with van der Waals surface area (Å²) in [5, 5.41) is 0. The van der Waals surface area contributed by atoms with Crippen molar-refractivity contribution in [2.45, 2.75) is 19.4 Å². The van der Waals surface area contributed by atoms with E-state index in [1.54, 1.807) is 0 Å². The third kappa shape index (κ3) is 2.41. The maximum atomic E-state index is 5.66. The van der Waals surface area contributed by atoms with Gasteiger partial charge < -0.3 is 5.73 Å². The first kappa shape index (κ1) is 8.83. The molecule has 0 saturated heterocycles. The molecule has 0 aliphatic heterocycles. The van der Waals surface area contributed by atoms with Crippen LogP contribution in [0.2, 0.25) is 0 Å². The van der Waals surface area contributed by atoms with Crippen molar-refractivity contribution < 1.29 is 0 Å². The fourth-order valence-corrected chi connectivity index (χ4v) is 1.16. The zero-order valence-electron chi connectivity index (χ0n) is 7.25. The maximum absolute atomic E-state index is 5.66. The Hall–Kier alpha value is -1.26. The summed E-state index contributed by atoms with van der Waals surface area (Å²) in [7, 11) is 0. The third-order valence-electron chi connectivity index (χ3n) is 1.65. The quantitative estimate of drug-likeness (QED) is 0.651. The molecule has 0 bridgehead atoms. The molecule has 1 aromatic carbocycles. The Kier molecular flexibility index (Phi) is 2.90. The van der Waals surface area contributed by atoms with Gasteiger partial charge in [-0.15, -0.1) is 6.42 Å². The Balaban J connectivity index is 2.81. The largest absolute Gasteiger partial charge is 0.328 e. The lowest BCUT2D eigenvalue weighted by Crippen LogP contribution is -2.17. The summed E-state index contributed by atoms with van der Waals surface area (Å²) in [6.45, 7) is 1.99. The highest BCUT2D eigenvalue weighted by Crippen LogP contribution is 2.05. The molecule has 62 valence electrons. The van der Waals surface area contributed by atoms with Crippen molar-refractivity contribution in [1.29, 1.82) is 0 Å². The second-order valence-corrected chi connectivity index (χ2v) is 3.03. The van der Waals surface area contributed by atoms with Gasteiger partial charge in [-0.1, -0.05) is 18.1 Å². The molecule has 0 aliphatic carbocycles. The number of terminal acetylenes is 1. The summed E-state index contributed by atoms with van der Waals surface area (Å²) in [5.41, 5.74) is 7.80. The van der Waals surface area contributed by atoms with Crippen LogP contribution in [0.1, 0.15) is 18.1 Å². The van der Waals surface area contributed by atoms with Gasteiger partial charge in [0.25, 0.3) is 0 Å². The van der Waals surface area contributed by atoms with Crippen molar-refractivity contribution in [2.75, 3.05) is 0 Å². The van der Waals surface area contributed by atoms with Gasteiger partial charge in [0.05, 0.1) is 0 Å². The Labute approximate surface area is 73.6 Å². The zero-order valence-corrected chi connectivity index (χ0v) is 7.25. The molecule has 0 aliphatic rings. The summed E-state index contributed by atoms with van der Waals surface area (Å²) < 4.78 is 0. The van der Waals surface area contributed by atoms with E-state index in [9.17, 15) is 0 Å². The lowest BCUT2D eigenvalue weighted by atomic mass is 10.1. The lowest BCUT2D eigenvalue weighted by molar-refractivity contribution is 0.738. The van der Waals surface area contributed by atoms with Gasteiger partial charge in [0, 0.05) is 11.6 Å². The first-order chi connectivity index (χ1) is 5.72. The minimum absolute atomic E-state index is 0.193. The summed E-state index contributed by atoms with van der Waals surface area (Å²) in [6, 6.07) is 8.13. The van der Waals surface area contributed by atoms with Crippen LogP contribution in [0.15, 0.2) is 24.3 Å². The molecule has 1 nitrogen and oxygen atoms in total. The zero-order chi connectivity index (χ0) is 8.97. The fourth-order valence-electron chi connectivity index (χ4n) is 1.16. The summed E-state index contributed by atoms with van der Waals surface area (Å²) >= 11 is 0. The van der Waals surface area contributed by atoms with E-state index in [0.717, 1.165) is 12.0 Å². The Morgan fingerprint density at radius 1 is 1.58 bits per heavy atom. The number of hydrogen-bond donors (Lipinski definition) is 1. The normalized spacial score (nSPS) is 12.1. The standard InChI is InChI=1S/C11H13N/c1-3-10-5-4-6-11(8-10)7-9(2)12/h1,4-6,8-9H,7,12H2,2H3/t9-/m1/s1. The minimum atomic E-state index is 0.193. The molecule has 0 spiro atoms. The second-order valence-electron chi connectivity index (χ2n) is 3.03. The Bertz CT molecular complexity index is 294. The molecule has 0 heterocycles. The minimum Gasteiger partial charge on any atom is -0.328 e. The first-order valence-electron chi connectivity index (χ1n) is 4.03. The Morgan fingerprint density at radius 2 is 2.33 bits per heavy atom. The van der Waals surface area contributed by atoms with E-state index in [4.69, 9.17) is 12.2 Å². The first-order valence-corrected chi connectivity index (χ1v) is 4.03. The molecular weight excluding hydrogens is 146 g/mol. The predicted molar refractivity (Wildman–Crippen MR) is 51.7 cm³/mol. The maximum Gasteiger partial charge on any atom is 0.0245 e. The van der Waals surface area contributed by atoms with Crippen molar-refractivity contribution in [3.8, 4) is 12.3 Å². The van der Waals surface area contributed by atoms with Gasteiger partial charge in [-0.2, -0.15) is 0 Å². The third-order valence-corrected chi connectivity index (χ3v) is 1.65. The monoisotopic (exact) mass is 159 g/mol. The van der Waals surface area contributed by atoms with Gasteiger partial charge >= 0.3 is 0 Å². The van der Waals surface area contributed by atoms with Gasteiger partial charge in [-0.05, 0) is 31.0 Å². The van der Waals surface area contributed by atoms with E-state index in [2.05, 4.69) is 5.92 Å². The van der Waals surface area contributed by atoms with E-state index in [1.165, 1.54) is 5.56 Å². The van der Waals surface area contributed by atoms with Crippen molar-refractivity contribution >= 4 is 0 Å². The van der Waals surface area contributed by atoms with E-state index < -0.39 is 0 Å². The van der Waals surface area contributed by atoms with Crippen molar-refractivity contribution in [3.63, 3.8) is 0 Å². The van der Waals surface area contributed by atoms with E-state index in [0.29, 0.717) is 0 Å². The molecule has 12 heavy (non-hydrogen) atoms. The Morgan fingerprint density at radius 3 is 2.92 bits per heavy atom. The average Bonchev–Trinajstić information content (AvgIpc) is 2.03. The van der Waals surface area contributed by atoms with Crippen LogP contribution in [0.4, 0.5) is 0 Å². The topological polar surface area (TPSA) is 26.0 Å². The average molecular weight is 159 g/mol. The van der Waals surface area contributed by atoms with Crippen LogP contribution in [0.5, 0.6) is 0 Å². The van der Waals surface area contributed by atoms with Gasteiger partial charge in [-0.25, -0.2) is 0 Å². The molecule has 1 atom stereocenters. The highest BCUT2D eigenvalue weighted by Gasteiger charge is 1.97. The summed E-state index contributed by atoms with van der Waals surface area (Å²) in [5.74, 6) is 2.60. The highest BCUT2D eigenvalue weighted by atomic mass is 14.6. The van der Waals surface area contributed by atoms with Crippen LogP contribution >= 0.6 is 0 Å². The SMILES string of the molecule is C#Cc1cccc(C[C@@H](C)N)c1. The molecule has 0 fully saturated rings. The smallest absolute Gasteiger partial charge is 0.0245 e. The number of rotatable bonds is 2. The molecule has 2 N–H and O–H groups in total. The highest BCUT2D eigenvalue weighted by molar-refractivity contribution is 5.35. The molecular formula is C11H13N. The van der Waals surface area contributed by atoms with Gasteiger partial charge in [0.15, 0.2) is 0 Å². The van der Waals surface area contributed by atoms with Crippen LogP contribution in [-0.2, 0) is 6.42 Å². The van der Waals surface area contributed by atoms with E-state index in [-0.39, 0.29) is 6.04 Å². The molecule has 0 amide bonds. The number of nitrogens with two attached hydrogens (primary N) is 1. The molecule has 0 radical (unpaired) electrons. The van der Waals surface area contributed by atoms with Crippen LogP contribution in [-0.4, -0.2) is 6.04 Å². The molecule has 1 heteroatoms. The number of hydrogen-bond acceptors (Lipinski definition) is 1. The van der Waals surface area contributed by atoms with Crippen molar-refractivity contribution in [3.05, 3.63) is 35.4 Å². The van der Waals surface area contributed by atoms with Crippen molar-refractivity contribution in [2.24, 2.45) is 5.73 Å². The second kappa shape index (κ2) is 3.94. The van der Waals surface area contributed by atoms with Crippen LogP contribution < -0.4 is 5.73 Å². The van der Waals surface area contributed by atoms with Crippen LogP contribution in [0.25, 0.3) is 0 Å². The van der Waals surface area contributed by atoms with E-state index in [1.807, 2.05) is 31.2 Å². The van der Waals surface area contributed by atoms with Crippen LogP contribution in [0.3, 0.4) is 0 Å². The molecule has 0 aromatic heterocycles. The van der Waals surface area contributed by atoms with Crippen molar-refractivity contribution in [1.82, 2.24) is 0 Å². The molecule has 0 unspecified atom stereocenters. The summed E-state index contributed by atoms with van der Waals surface area (Å²) in [6.07, 6.45) is 6.15. The van der Waals surface area contributed by atoms with E-state index >= 15 is 0 Å². The van der Waals surface area contributed by atoms with Gasteiger partial charge in [0.2, 0.25) is 0 Å². The molecule has 1 aromatic rings. The fraction of sp³-hybridized carbons (Fsp3) is 0.273.